The molecule has 0 bridgehead atoms. The van der Waals surface area contributed by atoms with Crippen molar-refractivity contribution in [3.63, 3.8) is 0 Å². The first-order valence-corrected chi connectivity index (χ1v) is 7.38. The van der Waals surface area contributed by atoms with Crippen LogP contribution in [0.25, 0.3) is 6.08 Å². The SMILES string of the molecule is C=CCOc1c(Br)cc(/C=C2\NC(=O)NC2=O)cc1OCC. The van der Waals surface area contributed by atoms with Crippen LogP contribution in [0.2, 0.25) is 0 Å². The quantitative estimate of drug-likeness (QED) is 0.460. The second kappa shape index (κ2) is 7.13. The Bertz CT molecular complexity index is 655. The van der Waals surface area contributed by atoms with Gasteiger partial charge in [-0.15, -0.1) is 0 Å². The Morgan fingerprint density at radius 1 is 1.27 bits per heavy atom. The lowest BCUT2D eigenvalue weighted by Gasteiger charge is -2.13. The van der Waals surface area contributed by atoms with Crippen LogP contribution in [0.4, 0.5) is 4.79 Å². The number of carbonyl (C=O) groups is 2. The van der Waals surface area contributed by atoms with Crippen molar-refractivity contribution >= 4 is 33.9 Å². The van der Waals surface area contributed by atoms with Crippen molar-refractivity contribution in [1.29, 1.82) is 0 Å². The van der Waals surface area contributed by atoms with E-state index < -0.39 is 11.9 Å². The molecular weight excluding hydrogens is 352 g/mol. The second-order valence-electron chi connectivity index (χ2n) is 4.33. The molecule has 22 heavy (non-hydrogen) atoms. The molecule has 0 saturated carbocycles. The standard InChI is InChI=1S/C15H15BrN2O4/c1-3-5-22-13-10(16)6-9(8-12(13)21-4-2)7-11-14(19)18-15(20)17-11/h3,6-8H,1,4-5H2,2H3,(H2,17,18,19,20)/b11-7-. The van der Waals surface area contributed by atoms with Gasteiger partial charge in [0.1, 0.15) is 12.3 Å². The third kappa shape index (κ3) is 3.67. The van der Waals surface area contributed by atoms with E-state index >= 15 is 0 Å². The van der Waals surface area contributed by atoms with Crippen molar-refractivity contribution in [1.82, 2.24) is 10.6 Å². The minimum atomic E-state index is -0.536. The van der Waals surface area contributed by atoms with Gasteiger partial charge in [0.05, 0.1) is 11.1 Å². The number of nitrogens with one attached hydrogen (secondary N) is 2. The summed E-state index contributed by atoms with van der Waals surface area (Å²) in [6.07, 6.45) is 3.20. The third-order valence-corrected chi connectivity index (χ3v) is 3.30. The van der Waals surface area contributed by atoms with Gasteiger partial charge >= 0.3 is 6.03 Å². The molecule has 6 nitrogen and oxygen atoms in total. The molecule has 1 aromatic carbocycles. The minimum absolute atomic E-state index is 0.180. The number of ether oxygens (including phenoxy) is 2. The smallest absolute Gasteiger partial charge is 0.326 e. The summed E-state index contributed by atoms with van der Waals surface area (Å²) in [5.74, 6) is 0.630. The molecule has 0 unspecified atom stereocenters. The van der Waals surface area contributed by atoms with E-state index in [0.29, 0.717) is 34.7 Å². The van der Waals surface area contributed by atoms with Crippen LogP contribution in [0, 0.1) is 0 Å². The molecule has 7 heteroatoms. The highest BCUT2D eigenvalue weighted by atomic mass is 79.9. The van der Waals surface area contributed by atoms with Gasteiger partial charge in [0, 0.05) is 0 Å². The van der Waals surface area contributed by atoms with E-state index in [1.807, 2.05) is 6.92 Å². The van der Waals surface area contributed by atoms with Crippen molar-refractivity contribution in [3.05, 3.63) is 40.5 Å². The van der Waals surface area contributed by atoms with Crippen LogP contribution in [-0.2, 0) is 4.79 Å². The van der Waals surface area contributed by atoms with E-state index in [0.717, 1.165) is 0 Å². The first-order valence-electron chi connectivity index (χ1n) is 6.59. The van der Waals surface area contributed by atoms with Gasteiger partial charge in [-0.3, -0.25) is 10.1 Å². The number of hydrogen-bond donors (Lipinski definition) is 2. The summed E-state index contributed by atoms with van der Waals surface area (Å²) in [5.41, 5.74) is 0.868. The zero-order chi connectivity index (χ0) is 16.1. The highest BCUT2D eigenvalue weighted by Crippen LogP contribution is 2.37. The number of benzene rings is 1. The van der Waals surface area contributed by atoms with Crippen LogP contribution < -0.4 is 20.1 Å². The first kappa shape index (κ1) is 16.1. The number of rotatable bonds is 6. The summed E-state index contributed by atoms with van der Waals surface area (Å²) in [4.78, 5) is 22.7. The van der Waals surface area contributed by atoms with Crippen LogP contribution >= 0.6 is 15.9 Å². The highest BCUT2D eigenvalue weighted by Gasteiger charge is 2.23. The Balaban J connectivity index is 2.37. The number of hydrogen-bond acceptors (Lipinski definition) is 4. The van der Waals surface area contributed by atoms with Crippen LogP contribution in [0.1, 0.15) is 12.5 Å². The molecule has 0 radical (unpaired) electrons. The molecule has 1 saturated heterocycles. The predicted molar refractivity (Wildman–Crippen MR) is 85.7 cm³/mol. The van der Waals surface area contributed by atoms with Gasteiger partial charge < -0.3 is 14.8 Å². The lowest BCUT2D eigenvalue weighted by molar-refractivity contribution is -0.115. The van der Waals surface area contributed by atoms with E-state index in [1.165, 1.54) is 0 Å². The fourth-order valence-electron chi connectivity index (χ4n) is 1.87. The Kier molecular flexibility index (Phi) is 5.21. The number of imide groups is 1. The molecule has 1 aliphatic rings. The molecule has 0 spiro atoms. The van der Waals surface area contributed by atoms with Crippen molar-refractivity contribution < 1.29 is 19.1 Å². The normalized spacial score (nSPS) is 15.5. The highest BCUT2D eigenvalue weighted by molar-refractivity contribution is 9.10. The van der Waals surface area contributed by atoms with Gasteiger partial charge in [0.15, 0.2) is 11.5 Å². The average molecular weight is 367 g/mol. The Labute approximate surface area is 136 Å². The molecule has 0 aliphatic carbocycles. The monoisotopic (exact) mass is 366 g/mol. The van der Waals surface area contributed by atoms with Crippen molar-refractivity contribution in [2.45, 2.75) is 6.92 Å². The molecular formula is C15H15BrN2O4. The summed E-state index contributed by atoms with van der Waals surface area (Å²) >= 11 is 3.42. The topological polar surface area (TPSA) is 76.7 Å². The van der Waals surface area contributed by atoms with Gasteiger partial charge in [-0.2, -0.15) is 0 Å². The fourth-order valence-corrected chi connectivity index (χ4v) is 2.44. The summed E-state index contributed by atoms with van der Waals surface area (Å²) < 4.78 is 11.8. The van der Waals surface area contributed by atoms with Gasteiger partial charge in [0.25, 0.3) is 5.91 Å². The lowest BCUT2D eigenvalue weighted by atomic mass is 10.1. The van der Waals surface area contributed by atoms with Gasteiger partial charge in [-0.1, -0.05) is 12.7 Å². The van der Waals surface area contributed by atoms with Gasteiger partial charge in [-0.05, 0) is 46.6 Å². The average Bonchev–Trinajstić information content (AvgIpc) is 2.76. The molecule has 1 aliphatic heterocycles. The third-order valence-electron chi connectivity index (χ3n) is 2.71. The summed E-state index contributed by atoms with van der Waals surface area (Å²) in [6, 6.07) is 2.97. The van der Waals surface area contributed by atoms with E-state index in [-0.39, 0.29) is 5.70 Å². The number of carbonyl (C=O) groups excluding carboxylic acids is 2. The van der Waals surface area contributed by atoms with E-state index in [1.54, 1.807) is 24.3 Å². The van der Waals surface area contributed by atoms with Crippen LogP contribution in [0.3, 0.4) is 0 Å². The fraction of sp³-hybridized carbons (Fsp3) is 0.200. The molecule has 2 N–H and O–H groups in total. The zero-order valence-electron chi connectivity index (χ0n) is 11.9. The van der Waals surface area contributed by atoms with Crippen molar-refractivity contribution in [2.24, 2.45) is 0 Å². The minimum Gasteiger partial charge on any atom is -0.490 e. The molecule has 0 aromatic heterocycles. The zero-order valence-corrected chi connectivity index (χ0v) is 13.5. The molecule has 3 amide bonds. The van der Waals surface area contributed by atoms with Crippen LogP contribution in [0.15, 0.2) is 35.0 Å². The molecule has 1 aromatic rings. The number of urea groups is 1. The van der Waals surface area contributed by atoms with E-state index in [9.17, 15) is 9.59 Å². The van der Waals surface area contributed by atoms with Crippen molar-refractivity contribution in [3.8, 4) is 11.5 Å². The van der Waals surface area contributed by atoms with Crippen LogP contribution in [0.5, 0.6) is 11.5 Å². The van der Waals surface area contributed by atoms with Crippen LogP contribution in [-0.4, -0.2) is 25.2 Å². The maximum Gasteiger partial charge on any atom is 0.326 e. The molecule has 2 rings (SSSR count). The number of halogens is 1. The first-order chi connectivity index (χ1) is 10.5. The summed E-state index contributed by atoms with van der Waals surface area (Å²) in [5, 5.41) is 4.58. The summed E-state index contributed by atoms with van der Waals surface area (Å²) in [7, 11) is 0. The maximum atomic E-state index is 11.6. The molecule has 116 valence electrons. The van der Waals surface area contributed by atoms with E-state index in [4.69, 9.17) is 9.47 Å². The maximum absolute atomic E-state index is 11.6. The largest absolute Gasteiger partial charge is 0.490 e. The van der Waals surface area contributed by atoms with Gasteiger partial charge in [-0.25, -0.2) is 4.79 Å². The second-order valence-corrected chi connectivity index (χ2v) is 5.18. The summed E-state index contributed by atoms with van der Waals surface area (Å²) in [6.45, 7) is 6.28. The van der Waals surface area contributed by atoms with Gasteiger partial charge in [0.2, 0.25) is 0 Å². The Morgan fingerprint density at radius 3 is 2.64 bits per heavy atom. The molecule has 1 fully saturated rings. The van der Waals surface area contributed by atoms with E-state index in [2.05, 4.69) is 33.1 Å². The number of amides is 3. The Morgan fingerprint density at radius 2 is 2.05 bits per heavy atom. The molecule has 0 atom stereocenters. The van der Waals surface area contributed by atoms with Crippen molar-refractivity contribution in [2.75, 3.05) is 13.2 Å². The Hall–Kier alpha value is -2.28. The lowest BCUT2D eigenvalue weighted by Crippen LogP contribution is -2.22. The molecule has 1 heterocycles. The predicted octanol–water partition coefficient (Wildman–Crippen LogP) is 2.59.